The fraction of sp³-hybridized carbons (Fsp3) is 0.750. The molecule has 1 N–H and O–H groups in total. The summed E-state index contributed by atoms with van der Waals surface area (Å²) in [7, 11) is 0. The smallest absolute Gasteiger partial charge is 0.0724 e. The first-order chi connectivity index (χ1) is 11.9. The predicted octanol–water partition coefficient (Wildman–Crippen LogP) is 6.06. The molecule has 0 bridgehead atoms. The number of allylic oxidation sites excluding steroid dienone is 4. The molecule has 7 atom stereocenters. The Morgan fingerprint density at radius 2 is 1.92 bits per heavy atom. The van der Waals surface area contributed by atoms with E-state index in [1.165, 1.54) is 44.9 Å². The summed E-state index contributed by atoms with van der Waals surface area (Å²) in [6.07, 6.45) is 16.6. The van der Waals surface area contributed by atoms with Crippen LogP contribution in [0.5, 0.6) is 0 Å². The van der Waals surface area contributed by atoms with Gasteiger partial charge in [0.1, 0.15) is 0 Å². The molecule has 0 aromatic heterocycles. The summed E-state index contributed by atoms with van der Waals surface area (Å²) in [6, 6.07) is 0. The molecule has 1 heteroatoms. The van der Waals surface area contributed by atoms with Gasteiger partial charge in [-0.3, -0.25) is 0 Å². The van der Waals surface area contributed by atoms with E-state index >= 15 is 0 Å². The van der Waals surface area contributed by atoms with Crippen LogP contribution in [0.2, 0.25) is 0 Å². The van der Waals surface area contributed by atoms with Crippen molar-refractivity contribution in [2.45, 2.75) is 78.2 Å². The van der Waals surface area contributed by atoms with E-state index in [1.54, 1.807) is 11.1 Å². The monoisotopic (exact) mass is 340 g/mol. The maximum absolute atomic E-state index is 10.1. The first kappa shape index (κ1) is 17.6. The minimum atomic E-state index is -0.184. The molecule has 0 saturated heterocycles. The van der Waals surface area contributed by atoms with E-state index in [1.807, 2.05) is 6.08 Å². The number of hydrogen-bond acceptors (Lipinski definition) is 1. The molecular formula is C24H36O. The summed E-state index contributed by atoms with van der Waals surface area (Å²) in [4.78, 5) is 0. The number of hydrogen-bond donors (Lipinski definition) is 1. The maximum Gasteiger partial charge on any atom is 0.0724 e. The molecule has 0 aromatic carbocycles. The molecule has 4 aliphatic carbocycles. The van der Waals surface area contributed by atoms with E-state index in [0.29, 0.717) is 10.8 Å². The summed E-state index contributed by atoms with van der Waals surface area (Å²) in [5.41, 5.74) is 4.01. The van der Waals surface area contributed by atoms with Crippen LogP contribution in [-0.2, 0) is 0 Å². The average molecular weight is 341 g/mol. The zero-order chi connectivity index (χ0) is 17.8. The number of fused-ring (bicyclic) bond motifs is 5. The SMILES string of the molecule is C=CC=C(C)[C@H]1CCC2C3CCC4=C[C@@H](O)CC[C@]4(C)C3CC[C@@]21C. The Hall–Kier alpha value is -0.820. The van der Waals surface area contributed by atoms with Crippen molar-refractivity contribution < 1.29 is 5.11 Å². The largest absolute Gasteiger partial charge is 0.389 e. The Labute approximate surface area is 154 Å². The zero-order valence-electron chi connectivity index (χ0n) is 16.4. The van der Waals surface area contributed by atoms with Crippen LogP contribution in [0.15, 0.2) is 36.0 Å². The van der Waals surface area contributed by atoms with Gasteiger partial charge >= 0.3 is 0 Å². The second kappa shape index (κ2) is 6.12. The third-order valence-electron chi connectivity index (χ3n) is 9.02. The summed E-state index contributed by atoms with van der Waals surface area (Å²) in [6.45, 7) is 11.4. The number of rotatable bonds is 2. The van der Waals surface area contributed by atoms with Gasteiger partial charge in [-0.25, -0.2) is 0 Å². The molecule has 0 aliphatic heterocycles. The molecule has 0 spiro atoms. The van der Waals surface area contributed by atoms with Crippen molar-refractivity contribution in [3.8, 4) is 0 Å². The summed E-state index contributed by atoms with van der Waals surface area (Å²) in [5, 5.41) is 10.1. The highest BCUT2D eigenvalue weighted by Crippen LogP contribution is 2.67. The molecule has 3 saturated carbocycles. The van der Waals surface area contributed by atoms with E-state index < -0.39 is 0 Å². The molecule has 3 unspecified atom stereocenters. The maximum atomic E-state index is 10.1. The Balaban J connectivity index is 1.63. The minimum Gasteiger partial charge on any atom is -0.389 e. The van der Waals surface area contributed by atoms with Crippen molar-refractivity contribution in [3.63, 3.8) is 0 Å². The summed E-state index contributed by atoms with van der Waals surface area (Å²) < 4.78 is 0. The normalized spacial score (nSPS) is 49.7. The van der Waals surface area contributed by atoms with E-state index in [0.717, 1.165) is 30.1 Å². The van der Waals surface area contributed by atoms with E-state index in [2.05, 4.69) is 39.5 Å². The van der Waals surface area contributed by atoms with Crippen molar-refractivity contribution in [1.82, 2.24) is 0 Å². The lowest BCUT2D eigenvalue weighted by Crippen LogP contribution is -2.50. The molecule has 0 aromatic rings. The van der Waals surface area contributed by atoms with Crippen LogP contribution in [-0.4, -0.2) is 11.2 Å². The van der Waals surface area contributed by atoms with Gasteiger partial charge in [0.05, 0.1) is 6.10 Å². The van der Waals surface area contributed by atoms with Crippen LogP contribution in [0, 0.1) is 34.5 Å². The topological polar surface area (TPSA) is 20.2 Å². The second-order valence-corrected chi connectivity index (χ2v) is 9.95. The molecule has 4 rings (SSSR count). The molecule has 25 heavy (non-hydrogen) atoms. The fourth-order valence-electron chi connectivity index (χ4n) is 7.76. The molecule has 0 amide bonds. The van der Waals surface area contributed by atoms with Gasteiger partial charge in [0.25, 0.3) is 0 Å². The highest BCUT2D eigenvalue weighted by molar-refractivity contribution is 5.26. The van der Waals surface area contributed by atoms with Gasteiger partial charge in [-0.15, -0.1) is 0 Å². The lowest BCUT2D eigenvalue weighted by molar-refractivity contribution is -0.0507. The van der Waals surface area contributed by atoms with Gasteiger partial charge in [-0.2, -0.15) is 0 Å². The number of aliphatic hydroxyl groups excluding tert-OH is 1. The van der Waals surface area contributed by atoms with Gasteiger partial charge in [0, 0.05) is 0 Å². The first-order valence-corrected chi connectivity index (χ1v) is 10.6. The molecule has 1 nitrogen and oxygen atoms in total. The number of aliphatic hydroxyl groups is 1. The quantitative estimate of drug-likeness (QED) is 0.478. The van der Waals surface area contributed by atoms with Gasteiger partial charge < -0.3 is 5.11 Å². The molecule has 3 fully saturated rings. The lowest BCUT2D eigenvalue weighted by Gasteiger charge is -2.58. The van der Waals surface area contributed by atoms with Crippen molar-refractivity contribution in [2.24, 2.45) is 34.5 Å². The van der Waals surface area contributed by atoms with Crippen molar-refractivity contribution in [1.29, 1.82) is 0 Å². The lowest BCUT2D eigenvalue weighted by atomic mass is 9.46. The third kappa shape index (κ3) is 2.52. The first-order valence-electron chi connectivity index (χ1n) is 10.6. The summed E-state index contributed by atoms with van der Waals surface area (Å²) in [5.74, 6) is 3.40. The van der Waals surface area contributed by atoms with Crippen LogP contribution in [0.4, 0.5) is 0 Å². The van der Waals surface area contributed by atoms with Crippen molar-refractivity contribution >= 4 is 0 Å². The average Bonchev–Trinajstić information content (AvgIpc) is 2.93. The van der Waals surface area contributed by atoms with Crippen LogP contribution < -0.4 is 0 Å². The Kier molecular flexibility index (Phi) is 4.30. The minimum absolute atomic E-state index is 0.184. The molecule has 0 heterocycles. The Morgan fingerprint density at radius 3 is 2.68 bits per heavy atom. The molecule has 0 radical (unpaired) electrons. The third-order valence-corrected chi connectivity index (χ3v) is 9.02. The van der Waals surface area contributed by atoms with Gasteiger partial charge in [-0.05, 0) is 92.8 Å². The zero-order valence-corrected chi connectivity index (χ0v) is 16.4. The molecule has 4 aliphatic rings. The van der Waals surface area contributed by atoms with Crippen LogP contribution in [0.3, 0.4) is 0 Å². The molecular weight excluding hydrogens is 304 g/mol. The van der Waals surface area contributed by atoms with Crippen molar-refractivity contribution in [2.75, 3.05) is 0 Å². The van der Waals surface area contributed by atoms with Gasteiger partial charge in [-0.1, -0.05) is 49.8 Å². The van der Waals surface area contributed by atoms with E-state index in [4.69, 9.17) is 0 Å². The van der Waals surface area contributed by atoms with Crippen molar-refractivity contribution in [3.05, 3.63) is 36.0 Å². The highest BCUT2D eigenvalue weighted by atomic mass is 16.3. The van der Waals surface area contributed by atoms with Crippen LogP contribution in [0.1, 0.15) is 72.1 Å². The van der Waals surface area contributed by atoms with Gasteiger partial charge in [0.15, 0.2) is 0 Å². The fourth-order valence-corrected chi connectivity index (χ4v) is 7.76. The Morgan fingerprint density at radius 1 is 1.12 bits per heavy atom. The van der Waals surface area contributed by atoms with E-state index in [-0.39, 0.29) is 6.10 Å². The van der Waals surface area contributed by atoms with Crippen LogP contribution >= 0.6 is 0 Å². The highest BCUT2D eigenvalue weighted by Gasteiger charge is 2.58. The second-order valence-electron chi connectivity index (χ2n) is 9.95. The summed E-state index contributed by atoms with van der Waals surface area (Å²) >= 11 is 0. The Bertz CT molecular complexity index is 614. The van der Waals surface area contributed by atoms with Crippen LogP contribution in [0.25, 0.3) is 0 Å². The van der Waals surface area contributed by atoms with E-state index in [9.17, 15) is 5.11 Å². The predicted molar refractivity (Wildman–Crippen MR) is 105 cm³/mol. The molecule has 138 valence electrons. The van der Waals surface area contributed by atoms with Gasteiger partial charge in [0.2, 0.25) is 0 Å². The standard InChI is InChI=1S/C24H36O/c1-5-6-16(2)20-9-10-21-19-8-7-17-15-18(25)11-13-23(17,3)22(19)12-14-24(20,21)4/h5-6,15,18-22,25H,1,7-14H2,2-4H3/t18-,19?,20+,21?,22?,23-,24+/m0/s1.